The molecule has 1 heterocycles. The molecule has 0 N–H and O–H groups in total. The first-order valence-electron chi connectivity index (χ1n) is 9.40. The van der Waals surface area contributed by atoms with Gasteiger partial charge in [0.15, 0.2) is 5.78 Å². The van der Waals surface area contributed by atoms with Crippen LogP contribution in [0.1, 0.15) is 53.9 Å². The molecule has 5 heteroatoms. The third-order valence-corrected chi connectivity index (χ3v) is 5.90. The fourth-order valence-electron chi connectivity index (χ4n) is 3.87. The van der Waals surface area contributed by atoms with Crippen LogP contribution in [0.5, 0.6) is 0 Å². The Hall–Kier alpha value is -2.27. The van der Waals surface area contributed by atoms with E-state index in [1.165, 1.54) is 48.6 Å². The molecule has 3 aromatic rings. The summed E-state index contributed by atoms with van der Waals surface area (Å²) >= 11 is 3.38. The van der Waals surface area contributed by atoms with Crippen LogP contribution in [0.2, 0.25) is 0 Å². The molecule has 0 saturated heterocycles. The predicted molar refractivity (Wildman–Crippen MR) is 110 cm³/mol. The van der Waals surface area contributed by atoms with Crippen molar-refractivity contribution in [1.82, 2.24) is 9.55 Å². The van der Waals surface area contributed by atoms with Gasteiger partial charge < -0.3 is 0 Å². The van der Waals surface area contributed by atoms with Gasteiger partial charge in [0.1, 0.15) is 0 Å². The highest BCUT2D eigenvalue weighted by Gasteiger charge is 2.16. The van der Waals surface area contributed by atoms with E-state index in [-0.39, 0.29) is 17.9 Å². The molecule has 2 aromatic carbocycles. The largest absolute Gasteiger partial charge is 0.292 e. The van der Waals surface area contributed by atoms with Crippen molar-refractivity contribution in [1.29, 1.82) is 0 Å². The highest BCUT2D eigenvalue weighted by atomic mass is 79.9. The summed E-state index contributed by atoms with van der Waals surface area (Å²) in [5.74, 6) is 0.539. The van der Waals surface area contributed by atoms with E-state index >= 15 is 0 Å². The molecular weight excluding hydrogens is 404 g/mol. The van der Waals surface area contributed by atoms with E-state index in [2.05, 4.69) is 33.0 Å². The highest BCUT2D eigenvalue weighted by Crippen LogP contribution is 2.32. The molecule has 1 aliphatic carbocycles. The Labute approximate surface area is 166 Å². The molecule has 27 heavy (non-hydrogen) atoms. The summed E-state index contributed by atoms with van der Waals surface area (Å²) in [6.07, 6.45) is 7.84. The Bertz CT molecular complexity index is 1030. The molecule has 0 spiro atoms. The van der Waals surface area contributed by atoms with Gasteiger partial charge in [-0.15, -0.1) is 0 Å². The van der Waals surface area contributed by atoms with Gasteiger partial charge in [0.2, 0.25) is 0 Å². The minimum Gasteiger partial charge on any atom is -0.292 e. The molecule has 4 rings (SSSR count). The Kier molecular flexibility index (Phi) is 5.21. The Morgan fingerprint density at radius 3 is 2.56 bits per heavy atom. The van der Waals surface area contributed by atoms with Crippen molar-refractivity contribution >= 4 is 32.6 Å². The van der Waals surface area contributed by atoms with Gasteiger partial charge in [0.25, 0.3) is 5.56 Å². The van der Waals surface area contributed by atoms with E-state index in [0.717, 1.165) is 4.47 Å². The molecule has 1 fully saturated rings. The normalized spacial score (nSPS) is 15.1. The van der Waals surface area contributed by atoms with Crippen LogP contribution in [0.15, 0.2) is 58.1 Å². The molecule has 1 saturated carbocycles. The molecule has 138 valence electrons. The standard InChI is InChI=1S/C22H21BrN2O2/c23-18-10-11-20-19(12-18)22(27)25(14-24-20)13-21(26)17-8-6-16(7-9-17)15-4-2-1-3-5-15/h6-12,14-15H,1-5,13H2. The van der Waals surface area contributed by atoms with Crippen LogP contribution in [0.25, 0.3) is 10.9 Å². The summed E-state index contributed by atoms with van der Waals surface area (Å²) in [5.41, 5.74) is 2.38. The summed E-state index contributed by atoms with van der Waals surface area (Å²) in [6.45, 7) is -0.00291. The third kappa shape index (κ3) is 3.88. The van der Waals surface area contributed by atoms with Crippen molar-refractivity contribution in [2.45, 2.75) is 44.6 Å². The van der Waals surface area contributed by atoms with Crippen LogP contribution in [0, 0.1) is 0 Å². The summed E-state index contributed by atoms with van der Waals surface area (Å²) in [6, 6.07) is 13.3. The van der Waals surface area contributed by atoms with E-state index in [1.807, 2.05) is 18.2 Å². The van der Waals surface area contributed by atoms with E-state index in [9.17, 15) is 9.59 Å². The second-order valence-corrected chi connectivity index (χ2v) is 8.13. The number of benzene rings is 2. The number of hydrogen-bond donors (Lipinski definition) is 0. The Balaban J connectivity index is 1.54. The average molecular weight is 425 g/mol. The van der Waals surface area contributed by atoms with Crippen LogP contribution < -0.4 is 5.56 Å². The second-order valence-electron chi connectivity index (χ2n) is 7.22. The third-order valence-electron chi connectivity index (χ3n) is 5.41. The topological polar surface area (TPSA) is 52.0 Å². The second kappa shape index (κ2) is 7.77. The van der Waals surface area contributed by atoms with Gasteiger partial charge in [-0.3, -0.25) is 14.2 Å². The zero-order valence-corrected chi connectivity index (χ0v) is 16.6. The van der Waals surface area contributed by atoms with Gasteiger partial charge in [0, 0.05) is 10.0 Å². The Morgan fingerprint density at radius 1 is 1.07 bits per heavy atom. The van der Waals surface area contributed by atoms with Crippen LogP contribution in [0.4, 0.5) is 0 Å². The average Bonchev–Trinajstić information content (AvgIpc) is 2.71. The van der Waals surface area contributed by atoms with E-state index in [1.54, 1.807) is 12.1 Å². The number of halogens is 1. The number of carbonyl (C=O) groups excluding carboxylic acids is 1. The number of Topliss-reactive ketones (excluding diaryl/α,β-unsaturated/α-hetero) is 1. The van der Waals surface area contributed by atoms with E-state index < -0.39 is 0 Å². The smallest absolute Gasteiger partial charge is 0.261 e. The van der Waals surface area contributed by atoms with Gasteiger partial charge in [-0.25, -0.2) is 4.98 Å². The Morgan fingerprint density at radius 2 is 1.81 bits per heavy atom. The van der Waals surface area contributed by atoms with Gasteiger partial charge in [-0.1, -0.05) is 59.5 Å². The van der Waals surface area contributed by atoms with Gasteiger partial charge >= 0.3 is 0 Å². The van der Waals surface area contributed by atoms with Crippen LogP contribution in [-0.2, 0) is 6.54 Å². The molecule has 1 aromatic heterocycles. The lowest BCUT2D eigenvalue weighted by molar-refractivity contribution is 0.0970. The molecule has 0 unspecified atom stereocenters. The van der Waals surface area contributed by atoms with Gasteiger partial charge in [0.05, 0.1) is 23.8 Å². The van der Waals surface area contributed by atoms with Crippen molar-refractivity contribution in [3.05, 3.63) is 74.7 Å². The quantitative estimate of drug-likeness (QED) is 0.548. The zero-order chi connectivity index (χ0) is 18.8. The van der Waals surface area contributed by atoms with Crippen LogP contribution in [0.3, 0.4) is 0 Å². The molecule has 0 radical (unpaired) electrons. The minimum atomic E-state index is -0.200. The lowest BCUT2D eigenvalue weighted by Gasteiger charge is -2.22. The first-order valence-corrected chi connectivity index (χ1v) is 10.2. The summed E-state index contributed by atoms with van der Waals surface area (Å²) in [4.78, 5) is 29.6. The highest BCUT2D eigenvalue weighted by molar-refractivity contribution is 9.10. The summed E-state index contributed by atoms with van der Waals surface area (Å²) in [7, 11) is 0. The van der Waals surface area contributed by atoms with Crippen molar-refractivity contribution in [3.8, 4) is 0 Å². The molecule has 0 amide bonds. The van der Waals surface area contributed by atoms with E-state index in [0.29, 0.717) is 22.4 Å². The number of nitrogens with zero attached hydrogens (tertiary/aromatic N) is 2. The van der Waals surface area contributed by atoms with Crippen molar-refractivity contribution < 1.29 is 4.79 Å². The van der Waals surface area contributed by atoms with Gasteiger partial charge in [-0.05, 0) is 42.5 Å². The lowest BCUT2D eigenvalue weighted by Crippen LogP contribution is -2.24. The van der Waals surface area contributed by atoms with E-state index in [4.69, 9.17) is 0 Å². The SMILES string of the molecule is O=C(Cn1cnc2ccc(Br)cc2c1=O)c1ccc(C2CCCCC2)cc1. The number of rotatable bonds is 4. The number of carbonyl (C=O) groups is 1. The fourth-order valence-corrected chi connectivity index (χ4v) is 4.23. The van der Waals surface area contributed by atoms with Crippen molar-refractivity contribution in [3.63, 3.8) is 0 Å². The van der Waals surface area contributed by atoms with Crippen LogP contribution >= 0.6 is 15.9 Å². The monoisotopic (exact) mass is 424 g/mol. The predicted octanol–water partition coefficient (Wildman–Crippen LogP) is 5.09. The van der Waals surface area contributed by atoms with Gasteiger partial charge in [-0.2, -0.15) is 0 Å². The van der Waals surface area contributed by atoms with Crippen LogP contribution in [-0.4, -0.2) is 15.3 Å². The molecule has 0 atom stereocenters. The number of aromatic nitrogens is 2. The molecule has 4 nitrogen and oxygen atoms in total. The minimum absolute atomic E-state index is 0.00291. The first kappa shape index (κ1) is 18.1. The maximum Gasteiger partial charge on any atom is 0.261 e. The number of ketones is 1. The molecule has 0 aliphatic heterocycles. The zero-order valence-electron chi connectivity index (χ0n) is 15.0. The molecule has 1 aliphatic rings. The van der Waals surface area contributed by atoms with Crippen molar-refractivity contribution in [2.24, 2.45) is 0 Å². The number of fused-ring (bicyclic) bond motifs is 1. The molecular formula is C22H21BrN2O2. The summed E-state index contributed by atoms with van der Waals surface area (Å²) < 4.78 is 2.20. The molecule has 0 bridgehead atoms. The number of hydrogen-bond acceptors (Lipinski definition) is 3. The lowest BCUT2D eigenvalue weighted by atomic mass is 9.84. The maximum atomic E-state index is 12.7. The first-order chi connectivity index (χ1) is 13.1. The maximum absolute atomic E-state index is 12.7. The van der Waals surface area contributed by atoms with Crippen molar-refractivity contribution in [2.75, 3.05) is 0 Å². The fraction of sp³-hybridized carbons (Fsp3) is 0.318. The summed E-state index contributed by atoms with van der Waals surface area (Å²) in [5, 5.41) is 0.507.